The predicted molar refractivity (Wildman–Crippen MR) is 87.7 cm³/mol. The zero-order chi connectivity index (χ0) is 17.7. The summed E-state index contributed by atoms with van der Waals surface area (Å²) in [4.78, 5) is 24.1. The number of esters is 1. The van der Waals surface area contributed by atoms with E-state index in [0.29, 0.717) is 6.54 Å². The monoisotopic (exact) mass is 354 g/mol. The first-order chi connectivity index (χ1) is 11.3. The van der Waals surface area contributed by atoms with Crippen molar-refractivity contribution in [3.8, 4) is 0 Å². The van der Waals surface area contributed by atoms with Gasteiger partial charge in [0, 0.05) is 25.6 Å². The van der Waals surface area contributed by atoms with Crippen LogP contribution in [-0.4, -0.2) is 50.3 Å². The molecule has 1 aliphatic heterocycles. The minimum atomic E-state index is -3.89. The topological polar surface area (TPSA) is 92.8 Å². The molecule has 8 heteroatoms. The van der Waals surface area contributed by atoms with Gasteiger partial charge in [0.05, 0.1) is 17.9 Å². The molecule has 0 spiro atoms. The lowest BCUT2D eigenvalue weighted by atomic mass is 10.1. The second-order valence-electron chi connectivity index (χ2n) is 5.65. The van der Waals surface area contributed by atoms with Gasteiger partial charge in [0.15, 0.2) is 0 Å². The van der Waals surface area contributed by atoms with E-state index in [1.165, 1.54) is 12.1 Å². The van der Waals surface area contributed by atoms with Gasteiger partial charge in [-0.05, 0) is 26.0 Å². The number of sulfonamides is 1. The molecule has 2 rings (SSSR count). The van der Waals surface area contributed by atoms with Crippen LogP contribution < -0.4 is 5.32 Å². The molecule has 1 atom stereocenters. The van der Waals surface area contributed by atoms with E-state index in [1.54, 1.807) is 19.1 Å². The van der Waals surface area contributed by atoms with E-state index in [2.05, 4.69) is 5.32 Å². The Labute approximate surface area is 142 Å². The summed E-state index contributed by atoms with van der Waals surface area (Å²) in [6.07, 6.45) is -0.0259. The molecule has 1 unspecified atom stereocenters. The Bertz CT molecular complexity index is 700. The zero-order valence-corrected chi connectivity index (χ0v) is 14.6. The van der Waals surface area contributed by atoms with Crippen molar-refractivity contribution in [1.29, 1.82) is 0 Å². The number of hydrogen-bond acceptors (Lipinski definition) is 6. The van der Waals surface area contributed by atoms with Gasteiger partial charge >= 0.3 is 5.97 Å². The zero-order valence-electron chi connectivity index (χ0n) is 13.8. The number of aryl methyl sites for hydroxylation is 1. The number of nitrogens with zero attached hydrogens (tertiary/aromatic N) is 1. The maximum absolute atomic E-state index is 12.7. The van der Waals surface area contributed by atoms with E-state index < -0.39 is 27.9 Å². The Morgan fingerprint density at radius 3 is 2.62 bits per heavy atom. The Morgan fingerprint density at radius 1 is 1.33 bits per heavy atom. The van der Waals surface area contributed by atoms with Crippen molar-refractivity contribution in [3.05, 3.63) is 29.8 Å². The van der Waals surface area contributed by atoms with E-state index in [-0.39, 0.29) is 30.9 Å². The second-order valence-corrected chi connectivity index (χ2v) is 7.51. The van der Waals surface area contributed by atoms with E-state index in [4.69, 9.17) is 4.74 Å². The Hall–Kier alpha value is -1.93. The molecule has 7 nitrogen and oxygen atoms in total. The number of ether oxygens (including phenoxy) is 1. The standard InChI is InChI=1S/C16H22N2O5S/c1-3-23-16(20)11-13-10-15(19)18(9-8-17-13)24(21,22)14-6-4-12(2)5-7-14/h4-7,13,17H,3,8-11H2,1-2H3. The van der Waals surface area contributed by atoms with Crippen LogP contribution in [0.4, 0.5) is 0 Å². The lowest BCUT2D eigenvalue weighted by Gasteiger charge is -2.20. The van der Waals surface area contributed by atoms with Gasteiger partial charge in [-0.3, -0.25) is 9.59 Å². The molecule has 1 amide bonds. The van der Waals surface area contributed by atoms with Gasteiger partial charge in [-0.2, -0.15) is 0 Å². The van der Waals surface area contributed by atoms with Crippen LogP contribution in [0.25, 0.3) is 0 Å². The first kappa shape index (κ1) is 18.4. The third kappa shape index (κ3) is 4.33. The molecule has 0 bridgehead atoms. The Morgan fingerprint density at radius 2 is 2.00 bits per heavy atom. The minimum Gasteiger partial charge on any atom is -0.466 e. The highest BCUT2D eigenvalue weighted by Crippen LogP contribution is 2.19. The number of carbonyl (C=O) groups is 2. The van der Waals surface area contributed by atoms with E-state index in [0.717, 1.165) is 9.87 Å². The van der Waals surface area contributed by atoms with Crippen molar-refractivity contribution in [2.45, 2.75) is 37.6 Å². The summed E-state index contributed by atoms with van der Waals surface area (Å²) in [6.45, 7) is 4.17. The predicted octanol–water partition coefficient (Wildman–Crippen LogP) is 0.827. The molecule has 0 radical (unpaired) electrons. The second kappa shape index (κ2) is 7.76. The van der Waals surface area contributed by atoms with Crippen LogP contribution in [0.3, 0.4) is 0 Å². The summed E-state index contributed by atoms with van der Waals surface area (Å²) in [5.41, 5.74) is 0.937. The minimum absolute atomic E-state index is 0.0361. The van der Waals surface area contributed by atoms with E-state index in [1.807, 2.05) is 6.92 Å². The van der Waals surface area contributed by atoms with E-state index in [9.17, 15) is 18.0 Å². The SMILES string of the molecule is CCOC(=O)CC1CC(=O)N(S(=O)(=O)c2ccc(C)cc2)CCN1. The summed E-state index contributed by atoms with van der Waals surface area (Å²) in [5, 5.41) is 3.04. The highest BCUT2D eigenvalue weighted by Gasteiger charge is 2.33. The third-order valence-corrected chi connectivity index (χ3v) is 5.61. The molecular weight excluding hydrogens is 332 g/mol. The maximum Gasteiger partial charge on any atom is 0.307 e. The lowest BCUT2D eigenvalue weighted by molar-refractivity contribution is -0.143. The van der Waals surface area contributed by atoms with Crippen molar-refractivity contribution in [1.82, 2.24) is 9.62 Å². The van der Waals surface area contributed by atoms with Crippen LogP contribution in [0.15, 0.2) is 29.2 Å². The van der Waals surface area contributed by atoms with Gasteiger partial charge in [0.1, 0.15) is 0 Å². The van der Waals surface area contributed by atoms with Crippen LogP contribution in [-0.2, 0) is 24.3 Å². The summed E-state index contributed by atoms with van der Waals surface area (Å²) < 4.78 is 31.1. The van der Waals surface area contributed by atoms with Crippen LogP contribution in [0.2, 0.25) is 0 Å². The molecule has 1 heterocycles. The quantitative estimate of drug-likeness (QED) is 0.787. The first-order valence-electron chi connectivity index (χ1n) is 7.86. The van der Waals surface area contributed by atoms with Crippen molar-refractivity contribution >= 4 is 21.9 Å². The van der Waals surface area contributed by atoms with Crippen molar-refractivity contribution in [2.24, 2.45) is 0 Å². The number of amides is 1. The molecular formula is C16H22N2O5S. The third-order valence-electron chi connectivity index (χ3n) is 3.77. The van der Waals surface area contributed by atoms with Crippen LogP contribution in [0, 0.1) is 6.92 Å². The van der Waals surface area contributed by atoms with Gasteiger partial charge in [0.2, 0.25) is 5.91 Å². The molecule has 0 saturated carbocycles. The van der Waals surface area contributed by atoms with Gasteiger partial charge in [0.25, 0.3) is 10.0 Å². The molecule has 0 aromatic heterocycles. The lowest BCUT2D eigenvalue weighted by Crippen LogP contribution is -2.38. The van der Waals surface area contributed by atoms with Gasteiger partial charge < -0.3 is 10.1 Å². The number of benzene rings is 1. The number of carbonyl (C=O) groups excluding carboxylic acids is 2. The summed E-state index contributed by atoms with van der Waals surface area (Å²) in [7, 11) is -3.89. The normalized spacial score (nSPS) is 19.0. The molecule has 1 aromatic rings. The molecule has 1 N–H and O–H groups in total. The molecule has 0 aliphatic carbocycles. The van der Waals surface area contributed by atoms with E-state index >= 15 is 0 Å². The highest BCUT2D eigenvalue weighted by atomic mass is 32.2. The molecule has 1 fully saturated rings. The first-order valence-corrected chi connectivity index (χ1v) is 9.30. The molecule has 1 saturated heterocycles. The van der Waals surface area contributed by atoms with Crippen molar-refractivity contribution in [2.75, 3.05) is 19.7 Å². The Kier molecular flexibility index (Phi) is 5.95. The molecule has 132 valence electrons. The van der Waals surface area contributed by atoms with Gasteiger partial charge in [-0.1, -0.05) is 17.7 Å². The van der Waals surface area contributed by atoms with Gasteiger partial charge in [-0.15, -0.1) is 0 Å². The maximum atomic E-state index is 12.7. The van der Waals surface area contributed by atoms with Crippen LogP contribution in [0.5, 0.6) is 0 Å². The summed E-state index contributed by atoms with van der Waals surface area (Å²) >= 11 is 0. The number of rotatable bonds is 5. The summed E-state index contributed by atoms with van der Waals surface area (Å²) in [6, 6.07) is 5.95. The fourth-order valence-corrected chi connectivity index (χ4v) is 3.95. The number of hydrogen-bond donors (Lipinski definition) is 1. The van der Waals surface area contributed by atoms with Crippen molar-refractivity contribution < 1.29 is 22.7 Å². The highest BCUT2D eigenvalue weighted by molar-refractivity contribution is 7.89. The van der Waals surface area contributed by atoms with Gasteiger partial charge in [-0.25, -0.2) is 12.7 Å². The Balaban J connectivity index is 2.13. The molecule has 1 aliphatic rings. The van der Waals surface area contributed by atoms with Crippen molar-refractivity contribution in [3.63, 3.8) is 0 Å². The fourth-order valence-electron chi connectivity index (χ4n) is 2.54. The molecule has 1 aromatic carbocycles. The average molecular weight is 354 g/mol. The van der Waals surface area contributed by atoms with Crippen LogP contribution in [0.1, 0.15) is 25.3 Å². The number of nitrogens with one attached hydrogen (secondary N) is 1. The smallest absolute Gasteiger partial charge is 0.307 e. The van der Waals surface area contributed by atoms with Crippen LogP contribution >= 0.6 is 0 Å². The fraction of sp³-hybridized carbons (Fsp3) is 0.500. The largest absolute Gasteiger partial charge is 0.466 e. The molecule has 24 heavy (non-hydrogen) atoms. The average Bonchev–Trinajstić information content (AvgIpc) is 2.69. The summed E-state index contributed by atoms with van der Waals surface area (Å²) in [5.74, 6) is -0.924.